The normalized spacial score (nSPS) is 12.8. The van der Waals surface area contributed by atoms with Crippen LogP contribution in [0, 0.1) is 6.92 Å². The zero-order chi connectivity index (χ0) is 15.0. The van der Waals surface area contributed by atoms with Gasteiger partial charge in [-0.3, -0.25) is 0 Å². The standard InChI is InChI=1S/C17H15BrClNO/c1-10-6-12(8-13(18)7-10)16(20-2)15-9-11-4-3-5-14(19)17(11)21-15/h3-9,16,20H,1-2H3. The third-order valence-corrected chi connectivity index (χ3v) is 4.24. The van der Waals surface area contributed by atoms with Crippen LogP contribution in [-0.4, -0.2) is 7.05 Å². The Balaban J connectivity index is 2.11. The van der Waals surface area contributed by atoms with E-state index in [0.29, 0.717) is 5.02 Å². The summed E-state index contributed by atoms with van der Waals surface area (Å²) in [7, 11) is 1.93. The maximum absolute atomic E-state index is 6.19. The van der Waals surface area contributed by atoms with Gasteiger partial charge in [-0.1, -0.05) is 45.7 Å². The van der Waals surface area contributed by atoms with E-state index in [9.17, 15) is 0 Å². The van der Waals surface area contributed by atoms with Crippen molar-refractivity contribution in [2.24, 2.45) is 0 Å². The van der Waals surface area contributed by atoms with Crippen molar-refractivity contribution in [3.63, 3.8) is 0 Å². The molecule has 3 rings (SSSR count). The van der Waals surface area contributed by atoms with Gasteiger partial charge in [0, 0.05) is 9.86 Å². The first-order valence-electron chi connectivity index (χ1n) is 6.71. The Morgan fingerprint density at radius 3 is 2.67 bits per heavy atom. The Morgan fingerprint density at radius 2 is 2.00 bits per heavy atom. The maximum Gasteiger partial charge on any atom is 0.152 e. The zero-order valence-corrected chi connectivity index (χ0v) is 14.1. The molecule has 21 heavy (non-hydrogen) atoms. The minimum Gasteiger partial charge on any atom is -0.457 e. The number of benzene rings is 2. The van der Waals surface area contributed by atoms with Crippen LogP contribution < -0.4 is 5.32 Å². The molecule has 2 nitrogen and oxygen atoms in total. The summed E-state index contributed by atoms with van der Waals surface area (Å²) in [5.41, 5.74) is 3.09. The van der Waals surface area contributed by atoms with Gasteiger partial charge in [-0.25, -0.2) is 0 Å². The lowest BCUT2D eigenvalue weighted by atomic mass is 10.0. The van der Waals surface area contributed by atoms with E-state index in [2.05, 4.69) is 46.4 Å². The van der Waals surface area contributed by atoms with Gasteiger partial charge in [0.1, 0.15) is 5.76 Å². The third kappa shape index (κ3) is 2.86. The Labute approximate surface area is 137 Å². The Morgan fingerprint density at radius 1 is 1.19 bits per heavy atom. The van der Waals surface area contributed by atoms with E-state index in [1.807, 2.05) is 31.3 Å². The van der Waals surface area contributed by atoms with Crippen molar-refractivity contribution in [1.29, 1.82) is 0 Å². The van der Waals surface area contributed by atoms with Gasteiger partial charge in [0.25, 0.3) is 0 Å². The van der Waals surface area contributed by atoms with Gasteiger partial charge >= 0.3 is 0 Å². The van der Waals surface area contributed by atoms with Crippen LogP contribution in [0.4, 0.5) is 0 Å². The van der Waals surface area contributed by atoms with Gasteiger partial charge in [0.05, 0.1) is 11.1 Å². The average Bonchev–Trinajstić information content (AvgIpc) is 2.83. The largest absolute Gasteiger partial charge is 0.457 e. The molecular weight excluding hydrogens is 350 g/mol. The molecule has 0 spiro atoms. The van der Waals surface area contributed by atoms with Crippen LogP contribution in [0.5, 0.6) is 0 Å². The van der Waals surface area contributed by atoms with Crippen molar-refractivity contribution >= 4 is 38.5 Å². The Bertz CT molecular complexity index is 776. The smallest absolute Gasteiger partial charge is 0.152 e. The molecular formula is C17H15BrClNO. The molecule has 3 aromatic rings. The number of fused-ring (bicyclic) bond motifs is 1. The molecule has 0 saturated carbocycles. The van der Waals surface area contributed by atoms with Crippen molar-refractivity contribution in [2.75, 3.05) is 7.05 Å². The SMILES string of the molecule is CNC(c1cc(C)cc(Br)c1)c1cc2cccc(Cl)c2o1. The number of aryl methyl sites for hydroxylation is 1. The maximum atomic E-state index is 6.19. The first-order chi connectivity index (χ1) is 10.1. The first kappa shape index (κ1) is 14.6. The number of halogens is 2. The first-order valence-corrected chi connectivity index (χ1v) is 7.88. The second-order valence-corrected chi connectivity index (χ2v) is 6.41. The molecule has 0 aliphatic heterocycles. The van der Waals surface area contributed by atoms with Crippen LogP contribution in [0.3, 0.4) is 0 Å². The van der Waals surface area contributed by atoms with Gasteiger partial charge in [-0.2, -0.15) is 0 Å². The lowest BCUT2D eigenvalue weighted by Gasteiger charge is -2.15. The average molecular weight is 365 g/mol. The van der Waals surface area contributed by atoms with Gasteiger partial charge in [0.2, 0.25) is 0 Å². The van der Waals surface area contributed by atoms with Crippen LogP contribution in [0.15, 0.2) is 51.4 Å². The molecule has 1 N–H and O–H groups in total. The molecule has 0 saturated heterocycles. The Hall–Kier alpha value is -1.29. The second-order valence-electron chi connectivity index (χ2n) is 5.09. The monoisotopic (exact) mass is 363 g/mol. The molecule has 4 heteroatoms. The molecule has 0 bridgehead atoms. The fourth-order valence-corrected chi connectivity index (χ4v) is 3.44. The highest BCUT2D eigenvalue weighted by Gasteiger charge is 2.18. The van der Waals surface area contributed by atoms with Gasteiger partial charge in [0.15, 0.2) is 5.58 Å². The molecule has 108 valence electrons. The minimum atomic E-state index is -0.00957. The predicted molar refractivity (Wildman–Crippen MR) is 91.0 cm³/mol. The van der Waals surface area contributed by atoms with Crippen molar-refractivity contribution in [1.82, 2.24) is 5.32 Å². The fourth-order valence-electron chi connectivity index (χ4n) is 2.59. The molecule has 1 heterocycles. The van der Waals surface area contributed by atoms with E-state index in [4.69, 9.17) is 16.0 Å². The number of rotatable bonds is 3. The second kappa shape index (κ2) is 5.84. The predicted octanol–water partition coefficient (Wildman–Crippen LogP) is 5.47. The van der Waals surface area contributed by atoms with Crippen LogP contribution in [-0.2, 0) is 0 Å². The number of hydrogen-bond donors (Lipinski definition) is 1. The van der Waals surface area contributed by atoms with E-state index in [1.54, 1.807) is 0 Å². The van der Waals surface area contributed by atoms with Crippen LogP contribution in [0.2, 0.25) is 5.02 Å². The molecule has 2 aromatic carbocycles. The third-order valence-electron chi connectivity index (χ3n) is 3.49. The van der Waals surface area contributed by atoms with E-state index in [-0.39, 0.29) is 6.04 Å². The molecule has 0 aliphatic rings. The number of furan rings is 1. The molecule has 0 amide bonds. The molecule has 1 atom stereocenters. The number of hydrogen-bond acceptors (Lipinski definition) is 2. The van der Waals surface area contributed by atoms with Gasteiger partial charge in [-0.15, -0.1) is 0 Å². The van der Waals surface area contributed by atoms with Gasteiger partial charge < -0.3 is 9.73 Å². The zero-order valence-electron chi connectivity index (χ0n) is 11.8. The highest BCUT2D eigenvalue weighted by molar-refractivity contribution is 9.10. The van der Waals surface area contributed by atoms with Crippen LogP contribution in [0.25, 0.3) is 11.0 Å². The van der Waals surface area contributed by atoms with E-state index < -0.39 is 0 Å². The quantitative estimate of drug-likeness (QED) is 0.667. The lowest BCUT2D eigenvalue weighted by Crippen LogP contribution is -2.17. The molecule has 1 aromatic heterocycles. The topological polar surface area (TPSA) is 25.2 Å². The van der Waals surface area contributed by atoms with Crippen molar-refractivity contribution in [2.45, 2.75) is 13.0 Å². The number of para-hydroxylation sites is 1. The summed E-state index contributed by atoms with van der Waals surface area (Å²) < 4.78 is 7.04. The number of nitrogens with one attached hydrogen (secondary N) is 1. The van der Waals surface area contributed by atoms with E-state index in [0.717, 1.165) is 26.8 Å². The summed E-state index contributed by atoms with van der Waals surface area (Å²) in [6, 6.07) is 14.2. The minimum absolute atomic E-state index is 0.00957. The van der Waals surface area contributed by atoms with Crippen LogP contribution >= 0.6 is 27.5 Å². The van der Waals surface area contributed by atoms with Gasteiger partial charge in [-0.05, 0) is 49.4 Å². The van der Waals surface area contributed by atoms with E-state index >= 15 is 0 Å². The highest BCUT2D eigenvalue weighted by Crippen LogP contribution is 2.32. The van der Waals surface area contributed by atoms with E-state index in [1.165, 1.54) is 5.56 Å². The van der Waals surface area contributed by atoms with Crippen molar-refractivity contribution < 1.29 is 4.42 Å². The summed E-state index contributed by atoms with van der Waals surface area (Å²) in [5.74, 6) is 0.859. The molecule has 1 unspecified atom stereocenters. The van der Waals surface area contributed by atoms with Crippen molar-refractivity contribution in [3.8, 4) is 0 Å². The summed E-state index contributed by atoms with van der Waals surface area (Å²) >= 11 is 9.74. The summed E-state index contributed by atoms with van der Waals surface area (Å²) in [6.45, 7) is 2.08. The fraction of sp³-hybridized carbons (Fsp3) is 0.176. The summed E-state index contributed by atoms with van der Waals surface area (Å²) in [4.78, 5) is 0. The molecule has 0 aliphatic carbocycles. The molecule has 0 fully saturated rings. The van der Waals surface area contributed by atoms with Crippen molar-refractivity contribution in [3.05, 3.63) is 68.8 Å². The Kier molecular flexibility index (Phi) is 4.07. The molecule has 0 radical (unpaired) electrons. The summed E-state index contributed by atoms with van der Waals surface area (Å²) in [5, 5.41) is 4.97. The van der Waals surface area contributed by atoms with Crippen LogP contribution in [0.1, 0.15) is 22.9 Å². The lowest BCUT2D eigenvalue weighted by molar-refractivity contribution is 0.491. The summed E-state index contributed by atoms with van der Waals surface area (Å²) in [6.07, 6.45) is 0. The highest BCUT2D eigenvalue weighted by atomic mass is 79.9.